The number of Topliss-reactive ketones (excluding diaryl/α,β-unsaturated/α-hetero) is 1. The highest BCUT2D eigenvalue weighted by Gasteiger charge is 2.27. The summed E-state index contributed by atoms with van der Waals surface area (Å²) in [5.74, 6) is 0.736. The number of pyridine rings is 1. The highest BCUT2D eigenvalue weighted by molar-refractivity contribution is 6.04. The van der Waals surface area contributed by atoms with E-state index in [1.165, 1.54) is 11.4 Å². The second-order valence-electron chi connectivity index (χ2n) is 8.57. The molecule has 4 aromatic rings. The smallest absolute Gasteiger partial charge is 0.222 e. The molecule has 0 spiro atoms. The SMILES string of the molecule is CCC(=O)N1CCN(c2nc3c(-c4ccc(-c5ccccc5)nc4)cnn3c(N)c2C(C)=O)CC1. The van der Waals surface area contributed by atoms with E-state index in [0.29, 0.717) is 49.6 Å². The molecule has 9 heteroatoms. The van der Waals surface area contributed by atoms with E-state index in [0.717, 1.165) is 22.4 Å². The summed E-state index contributed by atoms with van der Waals surface area (Å²) in [7, 11) is 0. The molecule has 0 radical (unpaired) electrons. The Hall–Kier alpha value is -4.27. The Kier molecular flexibility index (Phi) is 5.90. The number of piperazine rings is 1. The summed E-state index contributed by atoms with van der Waals surface area (Å²) in [6.45, 7) is 5.65. The van der Waals surface area contributed by atoms with Gasteiger partial charge in [0.25, 0.3) is 0 Å². The zero-order valence-electron chi connectivity index (χ0n) is 19.8. The van der Waals surface area contributed by atoms with E-state index >= 15 is 0 Å². The molecule has 2 N–H and O–H groups in total. The first-order chi connectivity index (χ1) is 17.0. The Morgan fingerprint density at radius 3 is 2.34 bits per heavy atom. The molecule has 0 unspecified atom stereocenters. The molecule has 0 saturated carbocycles. The van der Waals surface area contributed by atoms with Crippen LogP contribution in [0.4, 0.5) is 11.6 Å². The van der Waals surface area contributed by atoms with Gasteiger partial charge in [-0.25, -0.2) is 4.98 Å². The summed E-state index contributed by atoms with van der Waals surface area (Å²) in [5.41, 5.74) is 10.9. The number of nitrogens with two attached hydrogens (primary N) is 1. The van der Waals surface area contributed by atoms with E-state index in [2.05, 4.69) is 10.1 Å². The van der Waals surface area contributed by atoms with Gasteiger partial charge < -0.3 is 15.5 Å². The molecular formula is C26H27N7O2. The Labute approximate surface area is 203 Å². The molecule has 1 aromatic carbocycles. The van der Waals surface area contributed by atoms with Crippen LogP contribution in [-0.4, -0.2) is 62.4 Å². The molecule has 178 valence electrons. The summed E-state index contributed by atoms with van der Waals surface area (Å²) >= 11 is 0. The zero-order valence-corrected chi connectivity index (χ0v) is 19.8. The fourth-order valence-electron chi connectivity index (χ4n) is 4.50. The van der Waals surface area contributed by atoms with Crippen LogP contribution in [0.15, 0.2) is 54.9 Å². The number of rotatable bonds is 5. The summed E-state index contributed by atoms with van der Waals surface area (Å²) in [4.78, 5) is 38.1. The molecule has 4 heterocycles. The highest BCUT2D eigenvalue weighted by atomic mass is 16.2. The molecule has 0 atom stereocenters. The minimum absolute atomic E-state index is 0.129. The predicted molar refractivity (Wildman–Crippen MR) is 135 cm³/mol. The molecule has 1 aliphatic heterocycles. The van der Waals surface area contributed by atoms with Crippen LogP contribution < -0.4 is 10.6 Å². The van der Waals surface area contributed by atoms with Gasteiger partial charge in [-0.1, -0.05) is 43.3 Å². The first kappa shape index (κ1) is 22.5. The number of carbonyl (C=O) groups excluding carboxylic acids is 2. The normalized spacial score (nSPS) is 13.9. The number of hydrogen-bond acceptors (Lipinski definition) is 7. The summed E-state index contributed by atoms with van der Waals surface area (Å²) in [6, 6.07) is 13.9. The van der Waals surface area contributed by atoms with Gasteiger partial charge >= 0.3 is 0 Å². The number of aromatic nitrogens is 4. The van der Waals surface area contributed by atoms with Crippen molar-refractivity contribution in [3.8, 4) is 22.4 Å². The van der Waals surface area contributed by atoms with E-state index in [1.807, 2.05) is 59.2 Å². The zero-order chi connectivity index (χ0) is 24.5. The van der Waals surface area contributed by atoms with Gasteiger partial charge in [0.15, 0.2) is 11.4 Å². The van der Waals surface area contributed by atoms with Crippen molar-refractivity contribution in [2.45, 2.75) is 20.3 Å². The maximum absolute atomic E-state index is 12.6. The molecule has 1 saturated heterocycles. The Morgan fingerprint density at radius 1 is 0.971 bits per heavy atom. The first-order valence-electron chi connectivity index (χ1n) is 11.7. The topological polar surface area (TPSA) is 110 Å². The fourth-order valence-corrected chi connectivity index (χ4v) is 4.50. The van der Waals surface area contributed by atoms with Gasteiger partial charge in [0, 0.05) is 55.5 Å². The molecule has 0 aliphatic carbocycles. The molecular weight excluding hydrogens is 442 g/mol. The summed E-state index contributed by atoms with van der Waals surface area (Å²) < 4.78 is 1.51. The summed E-state index contributed by atoms with van der Waals surface area (Å²) in [5, 5.41) is 4.43. The van der Waals surface area contributed by atoms with Crippen molar-refractivity contribution < 1.29 is 9.59 Å². The van der Waals surface area contributed by atoms with Crippen molar-refractivity contribution in [2.24, 2.45) is 0 Å². The van der Waals surface area contributed by atoms with Crippen LogP contribution in [0.3, 0.4) is 0 Å². The number of benzene rings is 1. The van der Waals surface area contributed by atoms with E-state index in [9.17, 15) is 9.59 Å². The van der Waals surface area contributed by atoms with Crippen LogP contribution >= 0.6 is 0 Å². The van der Waals surface area contributed by atoms with E-state index < -0.39 is 0 Å². The molecule has 3 aromatic heterocycles. The molecule has 0 bridgehead atoms. The molecule has 1 amide bonds. The third-order valence-corrected chi connectivity index (χ3v) is 6.39. The van der Waals surface area contributed by atoms with E-state index in [4.69, 9.17) is 10.7 Å². The number of amides is 1. The monoisotopic (exact) mass is 469 g/mol. The van der Waals surface area contributed by atoms with Gasteiger partial charge in [0.1, 0.15) is 17.2 Å². The number of fused-ring (bicyclic) bond motifs is 1. The standard InChI is InChI=1S/C26H27N7O2/c1-3-22(35)31-11-13-32(14-12-31)26-23(17(2)34)24(27)33-25(30-26)20(16-29-33)19-9-10-21(28-15-19)18-7-5-4-6-8-18/h4-10,15-16H,3,11-14,27H2,1-2H3. The van der Waals surface area contributed by atoms with Crippen LogP contribution in [-0.2, 0) is 4.79 Å². The van der Waals surface area contributed by atoms with Crippen LogP contribution in [0.25, 0.3) is 28.0 Å². The minimum Gasteiger partial charge on any atom is -0.383 e. The molecule has 35 heavy (non-hydrogen) atoms. The number of carbonyl (C=O) groups is 2. The van der Waals surface area contributed by atoms with Gasteiger partial charge in [-0.05, 0) is 13.0 Å². The predicted octanol–water partition coefficient (Wildman–Crippen LogP) is 3.30. The first-order valence-corrected chi connectivity index (χ1v) is 11.7. The quantitative estimate of drug-likeness (QED) is 0.447. The maximum Gasteiger partial charge on any atom is 0.222 e. The van der Waals surface area contributed by atoms with E-state index in [-0.39, 0.29) is 17.5 Å². The van der Waals surface area contributed by atoms with Crippen molar-refractivity contribution >= 4 is 29.0 Å². The summed E-state index contributed by atoms with van der Waals surface area (Å²) in [6.07, 6.45) is 3.97. The highest BCUT2D eigenvalue weighted by Crippen LogP contribution is 2.32. The lowest BCUT2D eigenvalue weighted by Crippen LogP contribution is -2.49. The lowest BCUT2D eigenvalue weighted by molar-refractivity contribution is -0.131. The van der Waals surface area contributed by atoms with Crippen molar-refractivity contribution in [1.82, 2.24) is 24.5 Å². The van der Waals surface area contributed by atoms with Gasteiger partial charge in [-0.3, -0.25) is 14.6 Å². The Balaban J connectivity index is 1.54. The van der Waals surface area contributed by atoms with Gasteiger partial charge in [-0.2, -0.15) is 9.61 Å². The van der Waals surface area contributed by atoms with Crippen LogP contribution in [0, 0.1) is 0 Å². The Morgan fingerprint density at radius 2 is 1.71 bits per heavy atom. The average molecular weight is 470 g/mol. The van der Waals surface area contributed by atoms with Crippen LogP contribution in [0.5, 0.6) is 0 Å². The second kappa shape index (κ2) is 9.17. The minimum atomic E-state index is -0.176. The maximum atomic E-state index is 12.6. The lowest BCUT2D eigenvalue weighted by Gasteiger charge is -2.36. The van der Waals surface area contributed by atoms with Crippen molar-refractivity contribution in [1.29, 1.82) is 0 Å². The van der Waals surface area contributed by atoms with Crippen molar-refractivity contribution in [3.05, 3.63) is 60.4 Å². The number of hydrogen-bond donors (Lipinski definition) is 1. The number of ketones is 1. The number of nitrogens with zero attached hydrogens (tertiary/aromatic N) is 6. The average Bonchev–Trinajstić information content (AvgIpc) is 3.33. The van der Waals surface area contributed by atoms with Crippen molar-refractivity contribution in [2.75, 3.05) is 36.8 Å². The molecule has 9 nitrogen and oxygen atoms in total. The van der Waals surface area contributed by atoms with Crippen molar-refractivity contribution in [3.63, 3.8) is 0 Å². The van der Waals surface area contributed by atoms with Gasteiger partial charge in [0.05, 0.1) is 11.9 Å². The van der Waals surface area contributed by atoms with Crippen LogP contribution in [0.2, 0.25) is 0 Å². The number of nitrogen functional groups attached to an aromatic ring is 1. The fraction of sp³-hybridized carbons (Fsp3) is 0.269. The Bertz CT molecular complexity index is 1390. The lowest BCUT2D eigenvalue weighted by atomic mass is 10.1. The third kappa shape index (κ3) is 4.09. The van der Waals surface area contributed by atoms with Crippen LogP contribution in [0.1, 0.15) is 30.6 Å². The number of anilines is 2. The van der Waals surface area contributed by atoms with Gasteiger partial charge in [0.2, 0.25) is 5.91 Å². The largest absolute Gasteiger partial charge is 0.383 e. The second-order valence-corrected chi connectivity index (χ2v) is 8.57. The third-order valence-electron chi connectivity index (χ3n) is 6.39. The molecule has 5 rings (SSSR count). The van der Waals surface area contributed by atoms with Gasteiger partial charge in [-0.15, -0.1) is 0 Å². The molecule has 1 fully saturated rings. The van der Waals surface area contributed by atoms with E-state index in [1.54, 1.807) is 12.4 Å². The molecule has 1 aliphatic rings.